The lowest BCUT2D eigenvalue weighted by atomic mass is 10.1. The summed E-state index contributed by atoms with van der Waals surface area (Å²) in [6.07, 6.45) is -0.723. The molecule has 9 heteroatoms. The molecule has 4 rings (SSSR count). The van der Waals surface area contributed by atoms with E-state index in [1.165, 1.54) is 10.6 Å². The van der Waals surface area contributed by atoms with Gasteiger partial charge in [0.1, 0.15) is 17.2 Å². The topological polar surface area (TPSA) is 99.0 Å². The van der Waals surface area contributed by atoms with Gasteiger partial charge in [-0.05, 0) is 37.3 Å². The van der Waals surface area contributed by atoms with Crippen molar-refractivity contribution in [2.45, 2.75) is 13.1 Å². The highest BCUT2D eigenvalue weighted by Crippen LogP contribution is 2.35. The minimum Gasteiger partial charge on any atom is -0.497 e. The molecule has 0 bridgehead atoms. The number of ether oxygens (including phenoxy) is 3. The minimum atomic E-state index is -0.723. The number of nitrogens with zero attached hydrogens (tertiary/aromatic N) is 3. The molecule has 2 N–H and O–H groups in total. The van der Waals surface area contributed by atoms with Crippen LogP contribution >= 0.6 is 0 Å². The van der Waals surface area contributed by atoms with Crippen molar-refractivity contribution in [3.63, 3.8) is 0 Å². The first kappa shape index (κ1) is 20.3. The molecule has 1 aliphatic heterocycles. The van der Waals surface area contributed by atoms with E-state index in [2.05, 4.69) is 15.6 Å². The van der Waals surface area contributed by atoms with Gasteiger partial charge in [0, 0.05) is 17.3 Å². The first-order valence-electron chi connectivity index (χ1n) is 9.61. The maximum atomic E-state index is 12.9. The van der Waals surface area contributed by atoms with E-state index in [0.29, 0.717) is 40.4 Å². The summed E-state index contributed by atoms with van der Waals surface area (Å²) in [5, 5.41) is 6.34. The number of methoxy groups -OCH3 is 3. The smallest absolute Gasteiger partial charge is 0.257 e. The Kier molecular flexibility index (Phi) is 5.48. The normalized spacial score (nSPS) is 14.7. The Labute approximate surface area is 179 Å². The first-order valence-corrected chi connectivity index (χ1v) is 9.61. The summed E-state index contributed by atoms with van der Waals surface area (Å²) in [6.45, 7) is 1.77. The van der Waals surface area contributed by atoms with E-state index < -0.39 is 6.17 Å². The number of guanidine groups is 1. The molecule has 0 amide bonds. The Bertz CT molecular complexity index is 1200. The fraction of sp³-hybridized carbons (Fsp3) is 0.227. The Morgan fingerprint density at radius 1 is 1.00 bits per heavy atom. The van der Waals surface area contributed by atoms with Crippen molar-refractivity contribution in [3.8, 4) is 17.2 Å². The predicted molar refractivity (Wildman–Crippen MR) is 119 cm³/mol. The molecule has 0 aliphatic carbocycles. The molecule has 2 aromatic carbocycles. The van der Waals surface area contributed by atoms with Gasteiger partial charge in [0.15, 0.2) is 6.17 Å². The van der Waals surface area contributed by atoms with Crippen molar-refractivity contribution in [1.29, 1.82) is 0 Å². The molecule has 1 aliphatic rings. The lowest BCUT2D eigenvalue weighted by Crippen LogP contribution is -2.37. The Morgan fingerprint density at radius 2 is 1.77 bits per heavy atom. The number of hydrogen-bond donors (Lipinski definition) is 2. The summed E-state index contributed by atoms with van der Waals surface area (Å²) < 4.78 is 17.8. The number of fused-ring (bicyclic) bond motifs is 1. The monoisotopic (exact) mass is 421 g/mol. The number of aliphatic imine (C=N–C) groups is 1. The number of aryl methyl sites for hydroxylation is 1. The van der Waals surface area contributed by atoms with Crippen LogP contribution in [0.5, 0.6) is 17.2 Å². The van der Waals surface area contributed by atoms with E-state index in [1.807, 2.05) is 24.3 Å². The summed E-state index contributed by atoms with van der Waals surface area (Å²) in [5.41, 5.74) is 1.75. The van der Waals surface area contributed by atoms with Crippen LogP contribution in [0.1, 0.15) is 17.4 Å². The molecule has 3 aromatic rings. The maximum absolute atomic E-state index is 12.9. The van der Waals surface area contributed by atoms with E-state index in [0.717, 1.165) is 5.69 Å². The zero-order valence-corrected chi connectivity index (χ0v) is 17.7. The van der Waals surface area contributed by atoms with Crippen LogP contribution in [0.15, 0.2) is 58.3 Å². The Morgan fingerprint density at radius 3 is 2.52 bits per heavy atom. The molecule has 0 fully saturated rings. The minimum absolute atomic E-state index is 0.232. The molecular formula is C22H23N5O4. The largest absolute Gasteiger partial charge is 0.497 e. The highest BCUT2D eigenvalue weighted by atomic mass is 16.5. The zero-order chi connectivity index (χ0) is 22.0. The molecule has 2 heterocycles. The lowest BCUT2D eigenvalue weighted by Gasteiger charge is -2.28. The molecule has 0 spiro atoms. The van der Waals surface area contributed by atoms with Crippen molar-refractivity contribution >= 4 is 17.6 Å². The molecule has 1 atom stereocenters. The maximum Gasteiger partial charge on any atom is 0.257 e. The first-order chi connectivity index (χ1) is 15.0. The Balaban J connectivity index is 1.87. The van der Waals surface area contributed by atoms with Gasteiger partial charge in [0.2, 0.25) is 11.9 Å². The number of para-hydroxylation sites is 2. The second-order valence-electron chi connectivity index (χ2n) is 6.84. The highest BCUT2D eigenvalue weighted by Gasteiger charge is 2.28. The molecule has 0 unspecified atom stereocenters. The van der Waals surface area contributed by atoms with Crippen LogP contribution in [0.4, 0.5) is 11.6 Å². The number of rotatable bonds is 5. The summed E-state index contributed by atoms with van der Waals surface area (Å²) >= 11 is 0. The summed E-state index contributed by atoms with van der Waals surface area (Å²) in [5.74, 6) is 2.64. The summed E-state index contributed by atoms with van der Waals surface area (Å²) in [6, 6.07) is 14.3. The molecule has 31 heavy (non-hydrogen) atoms. The molecular weight excluding hydrogens is 398 g/mol. The van der Waals surface area contributed by atoms with E-state index in [1.54, 1.807) is 46.5 Å². The predicted octanol–water partition coefficient (Wildman–Crippen LogP) is 3.02. The Hall–Kier alpha value is -4.01. The van der Waals surface area contributed by atoms with Crippen molar-refractivity contribution in [1.82, 2.24) is 9.55 Å². The second-order valence-corrected chi connectivity index (χ2v) is 6.84. The van der Waals surface area contributed by atoms with Crippen LogP contribution < -0.4 is 30.4 Å². The van der Waals surface area contributed by atoms with Gasteiger partial charge >= 0.3 is 0 Å². The van der Waals surface area contributed by atoms with Crippen molar-refractivity contribution in [2.75, 3.05) is 32.0 Å². The number of hydrogen-bond acceptors (Lipinski definition) is 8. The molecule has 0 saturated carbocycles. The van der Waals surface area contributed by atoms with Gasteiger partial charge in [-0.2, -0.15) is 0 Å². The number of benzene rings is 2. The average Bonchev–Trinajstić information content (AvgIpc) is 2.78. The van der Waals surface area contributed by atoms with Gasteiger partial charge in [-0.25, -0.2) is 9.98 Å². The van der Waals surface area contributed by atoms with Crippen molar-refractivity contribution < 1.29 is 14.2 Å². The van der Waals surface area contributed by atoms with E-state index in [4.69, 9.17) is 19.2 Å². The second kappa shape index (κ2) is 8.39. The third-order valence-electron chi connectivity index (χ3n) is 4.88. The van der Waals surface area contributed by atoms with Gasteiger partial charge < -0.3 is 19.5 Å². The van der Waals surface area contributed by atoms with Crippen LogP contribution in [-0.2, 0) is 0 Å². The molecule has 160 valence electrons. The number of anilines is 2. The molecule has 1 aromatic heterocycles. The summed E-state index contributed by atoms with van der Waals surface area (Å²) in [4.78, 5) is 22.2. The molecule has 9 nitrogen and oxygen atoms in total. The SMILES string of the molecule is COc1ccc(OC)c([C@H]2N=C(Nc3ccccc3OC)Nc3nc(C)cc(=O)n32)c1. The number of nitrogens with one attached hydrogen (secondary N) is 2. The number of aromatic nitrogens is 2. The van der Waals surface area contributed by atoms with Gasteiger partial charge in [0.05, 0.1) is 27.0 Å². The van der Waals surface area contributed by atoms with Crippen LogP contribution in [-0.4, -0.2) is 36.8 Å². The van der Waals surface area contributed by atoms with E-state index in [-0.39, 0.29) is 5.56 Å². The summed E-state index contributed by atoms with van der Waals surface area (Å²) in [7, 11) is 4.75. The van der Waals surface area contributed by atoms with Gasteiger partial charge in [-0.3, -0.25) is 14.7 Å². The zero-order valence-electron chi connectivity index (χ0n) is 17.7. The van der Waals surface area contributed by atoms with Crippen LogP contribution in [0.3, 0.4) is 0 Å². The third kappa shape index (κ3) is 3.89. The average molecular weight is 421 g/mol. The van der Waals surface area contributed by atoms with E-state index >= 15 is 0 Å². The van der Waals surface area contributed by atoms with Gasteiger partial charge in [-0.15, -0.1) is 0 Å². The van der Waals surface area contributed by atoms with Crippen molar-refractivity contribution in [2.24, 2.45) is 4.99 Å². The standard InChI is InChI=1S/C22H23N5O4/c1-13-11-19(28)27-20(15-12-14(29-2)9-10-17(15)30-3)25-21(26-22(27)23-13)24-16-7-5-6-8-18(16)31-4/h5-12,20H,1-4H3,(H2,23,24,25,26)/t20-/m0/s1. The van der Waals surface area contributed by atoms with Crippen LogP contribution in [0, 0.1) is 6.92 Å². The third-order valence-corrected chi connectivity index (χ3v) is 4.88. The van der Waals surface area contributed by atoms with Crippen LogP contribution in [0.2, 0.25) is 0 Å². The fourth-order valence-electron chi connectivity index (χ4n) is 3.44. The van der Waals surface area contributed by atoms with Gasteiger partial charge in [-0.1, -0.05) is 12.1 Å². The van der Waals surface area contributed by atoms with Crippen LogP contribution in [0.25, 0.3) is 0 Å². The highest BCUT2D eigenvalue weighted by molar-refractivity contribution is 6.04. The van der Waals surface area contributed by atoms with Gasteiger partial charge in [0.25, 0.3) is 5.56 Å². The lowest BCUT2D eigenvalue weighted by molar-refractivity contribution is 0.391. The molecule has 0 saturated heterocycles. The van der Waals surface area contributed by atoms with E-state index in [9.17, 15) is 4.79 Å². The molecule has 0 radical (unpaired) electrons. The fourth-order valence-corrected chi connectivity index (χ4v) is 3.44. The quantitative estimate of drug-likeness (QED) is 0.653. The van der Waals surface area contributed by atoms with Crippen molar-refractivity contribution in [3.05, 3.63) is 70.1 Å².